The lowest BCUT2D eigenvalue weighted by Crippen LogP contribution is -2.39. The van der Waals surface area contributed by atoms with Gasteiger partial charge in [0.15, 0.2) is 5.76 Å². The summed E-state index contributed by atoms with van der Waals surface area (Å²) in [4.78, 5) is 28.5. The van der Waals surface area contributed by atoms with E-state index in [0.29, 0.717) is 23.8 Å². The van der Waals surface area contributed by atoms with Crippen molar-refractivity contribution >= 4 is 11.8 Å². The van der Waals surface area contributed by atoms with E-state index < -0.39 is 0 Å². The van der Waals surface area contributed by atoms with Crippen LogP contribution in [0.5, 0.6) is 5.75 Å². The first-order valence-electron chi connectivity index (χ1n) is 11.7. The lowest BCUT2D eigenvalue weighted by molar-refractivity contribution is -0.130. The molecule has 3 heterocycles. The predicted octanol–water partition coefficient (Wildman–Crippen LogP) is 4.73. The molecule has 0 saturated carbocycles. The van der Waals surface area contributed by atoms with Gasteiger partial charge in [0.05, 0.1) is 6.04 Å². The van der Waals surface area contributed by atoms with Crippen molar-refractivity contribution in [2.24, 2.45) is 0 Å². The maximum atomic E-state index is 13.5. The first-order valence-corrected chi connectivity index (χ1v) is 11.7. The molecule has 1 saturated heterocycles. The molecule has 5 rings (SSSR count). The van der Waals surface area contributed by atoms with Crippen LogP contribution in [0, 0.1) is 5.82 Å². The van der Waals surface area contributed by atoms with Crippen molar-refractivity contribution in [1.29, 1.82) is 0 Å². The Morgan fingerprint density at radius 2 is 1.79 bits per heavy atom. The van der Waals surface area contributed by atoms with E-state index in [4.69, 9.17) is 9.15 Å². The molecule has 3 aromatic rings. The number of fused-ring (bicyclic) bond motifs is 1. The monoisotopic (exact) mass is 462 g/mol. The van der Waals surface area contributed by atoms with Crippen LogP contribution in [0.1, 0.15) is 58.8 Å². The predicted molar refractivity (Wildman–Crippen MR) is 124 cm³/mol. The molecule has 2 aliphatic heterocycles. The number of rotatable bonds is 5. The van der Waals surface area contributed by atoms with Crippen LogP contribution in [-0.4, -0.2) is 41.2 Å². The molecule has 0 spiro atoms. The van der Waals surface area contributed by atoms with E-state index in [2.05, 4.69) is 0 Å². The Hall–Kier alpha value is -3.61. The van der Waals surface area contributed by atoms with Crippen LogP contribution in [0.2, 0.25) is 0 Å². The molecule has 0 bridgehead atoms. The Kier molecular flexibility index (Phi) is 6.09. The third-order valence-electron chi connectivity index (χ3n) is 6.58. The molecule has 1 aromatic heterocycles. The van der Waals surface area contributed by atoms with Crippen LogP contribution < -0.4 is 4.74 Å². The Morgan fingerprint density at radius 1 is 1.03 bits per heavy atom. The maximum absolute atomic E-state index is 13.5. The van der Waals surface area contributed by atoms with Crippen molar-refractivity contribution in [1.82, 2.24) is 9.80 Å². The van der Waals surface area contributed by atoms with Crippen molar-refractivity contribution in [3.05, 3.63) is 88.6 Å². The van der Waals surface area contributed by atoms with E-state index in [1.807, 2.05) is 28.0 Å². The summed E-state index contributed by atoms with van der Waals surface area (Å²) in [6, 6.07) is 15.3. The van der Waals surface area contributed by atoms with Crippen LogP contribution in [-0.2, 0) is 17.8 Å². The fraction of sp³-hybridized carbons (Fsp3) is 0.333. The average Bonchev–Trinajstić information content (AvgIpc) is 3.55. The van der Waals surface area contributed by atoms with Crippen molar-refractivity contribution in [2.75, 3.05) is 19.6 Å². The van der Waals surface area contributed by atoms with Crippen molar-refractivity contribution in [3.63, 3.8) is 0 Å². The second-order valence-electron chi connectivity index (χ2n) is 8.83. The first-order chi connectivity index (χ1) is 16.5. The van der Waals surface area contributed by atoms with E-state index in [1.165, 1.54) is 12.1 Å². The number of carbonyl (C=O) groups is 2. The fourth-order valence-corrected chi connectivity index (χ4v) is 4.83. The Balaban J connectivity index is 1.35. The zero-order chi connectivity index (χ0) is 23.7. The highest BCUT2D eigenvalue weighted by atomic mass is 19.1. The van der Waals surface area contributed by atoms with Crippen LogP contribution in [0.25, 0.3) is 0 Å². The number of halogens is 1. The standard InChI is InChI=1S/C27H27FN2O4/c1-18(31)30-15-12-19-6-9-22(16-24(19)26(30)20-4-7-21(28)8-5-20)33-17-23-10-11-25(34-23)27(32)29-13-2-3-14-29/h4-11,16,26H,2-3,12-15,17H2,1H3/t26-/m1/s1. The van der Waals surface area contributed by atoms with Crippen LogP contribution >= 0.6 is 0 Å². The lowest BCUT2D eigenvalue weighted by atomic mass is 9.88. The van der Waals surface area contributed by atoms with Crippen LogP contribution in [0.4, 0.5) is 4.39 Å². The van der Waals surface area contributed by atoms with E-state index in [9.17, 15) is 14.0 Å². The number of likely N-dealkylation sites (tertiary alicyclic amines) is 1. The van der Waals surface area contributed by atoms with Crippen molar-refractivity contribution < 1.29 is 23.1 Å². The van der Waals surface area contributed by atoms with Crippen LogP contribution in [0.15, 0.2) is 59.0 Å². The third-order valence-corrected chi connectivity index (χ3v) is 6.58. The molecule has 1 atom stereocenters. The molecule has 34 heavy (non-hydrogen) atoms. The molecule has 0 unspecified atom stereocenters. The average molecular weight is 463 g/mol. The summed E-state index contributed by atoms with van der Waals surface area (Å²) in [5.41, 5.74) is 2.95. The third kappa shape index (κ3) is 4.42. The summed E-state index contributed by atoms with van der Waals surface area (Å²) < 4.78 is 25.3. The zero-order valence-electron chi connectivity index (χ0n) is 19.1. The number of carbonyl (C=O) groups excluding carboxylic acids is 2. The highest BCUT2D eigenvalue weighted by Gasteiger charge is 2.31. The van der Waals surface area contributed by atoms with Gasteiger partial charge in [0.1, 0.15) is 23.9 Å². The smallest absolute Gasteiger partial charge is 0.289 e. The summed E-state index contributed by atoms with van der Waals surface area (Å²) in [7, 11) is 0. The summed E-state index contributed by atoms with van der Waals surface area (Å²) in [6.45, 7) is 3.88. The van der Waals surface area contributed by atoms with E-state index in [-0.39, 0.29) is 30.3 Å². The number of ether oxygens (including phenoxy) is 1. The Morgan fingerprint density at radius 3 is 2.53 bits per heavy atom. The minimum atomic E-state index is -0.313. The highest BCUT2D eigenvalue weighted by molar-refractivity contribution is 5.91. The van der Waals surface area contributed by atoms with Crippen molar-refractivity contribution in [2.45, 2.75) is 38.8 Å². The number of benzene rings is 2. The summed E-state index contributed by atoms with van der Waals surface area (Å²) in [5, 5.41) is 0. The molecule has 7 heteroatoms. The van der Waals surface area contributed by atoms with Crippen molar-refractivity contribution in [3.8, 4) is 5.75 Å². The minimum absolute atomic E-state index is 0.0305. The molecular weight excluding hydrogens is 435 g/mol. The van der Waals surface area contributed by atoms with Gasteiger partial charge in [0.2, 0.25) is 5.91 Å². The van der Waals surface area contributed by atoms with Gasteiger partial charge in [-0.2, -0.15) is 0 Å². The molecule has 0 aliphatic carbocycles. The van der Waals surface area contributed by atoms with E-state index in [0.717, 1.165) is 49.0 Å². The first kappa shape index (κ1) is 22.2. The number of hydrogen-bond donors (Lipinski definition) is 0. The molecule has 0 N–H and O–H groups in total. The molecule has 176 valence electrons. The van der Waals surface area contributed by atoms with Gasteiger partial charge in [0.25, 0.3) is 5.91 Å². The molecule has 2 amide bonds. The molecular formula is C27H27FN2O4. The van der Waals surface area contributed by atoms with E-state index >= 15 is 0 Å². The summed E-state index contributed by atoms with van der Waals surface area (Å²) in [5.74, 6) is 1.12. The molecule has 2 aromatic carbocycles. The molecule has 2 aliphatic rings. The van der Waals surface area contributed by atoms with Crippen LogP contribution in [0.3, 0.4) is 0 Å². The Bertz CT molecular complexity index is 1200. The number of amides is 2. The summed E-state index contributed by atoms with van der Waals surface area (Å²) >= 11 is 0. The quantitative estimate of drug-likeness (QED) is 0.550. The SMILES string of the molecule is CC(=O)N1CCc2ccc(OCc3ccc(C(=O)N4CCCC4)o3)cc2[C@H]1c1ccc(F)cc1. The molecule has 1 fully saturated rings. The number of nitrogens with zero attached hydrogens (tertiary/aromatic N) is 2. The number of furan rings is 1. The second kappa shape index (κ2) is 9.33. The fourth-order valence-electron chi connectivity index (χ4n) is 4.83. The number of hydrogen-bond acceptors (Lipinski definition) is 4. The zero-order valence-corrected chi connectivity index (χ0v) is 19.1. The molecule has 6 nitrogen and oxygen atoms in total. The Labute approximate surface area is 197 Å². The molecule has 0 radical (unpaired) electrons. The highest BCUT2D eigenvalue weighted by Crippen LogP contribution is 2.37. The maximum Gasteiger partial charge on any atom is 0.289 e. The minimum Gasteiger partial charge on any atom is -0.486 e. The summed E-state index contributed by atoms with van der Waals surface area (Å²) in [6.07, 6.45) is 2.80. The van der Waals surface area contributed by atoms with Gasteiger partial charge in [-0.3, -0.25) is 9.59 Å². The van der Waals surface area contributed by atoms with Gasteiger partial charge >= 0.3 is 0 Å². The van der Waals surface area contributed by atoms with Gasteiger partial charge in [-0.05, 0) is 72.4 Å². The van der Waals surface area contributed by atoms with Gasteiger partial charge in [0, 0.05) is 26.6 Å². The lowest BCUT2D eigenvalue weighted by Gasteiger charge is -2.37. The normalized spacial score (nSPS) is 17.5. The van der Waals surface area contributed by atoms with Gasteiger partial charge in [-0.15, -0.1) is 0 Å². The van der Waals surface area contributed by atoms with Gasteiger partial charge in [-0.1, -0.05) is 18.2 Å². The van der Waals surface area contributed by atoms with Gasteiger partial charge < -0.3 is 19.0 Å². The largest absolute Gasteiger partial charge is 0.486 e. The topological polar surface area (TPSA) is 63.0 Å². The van der Waals surface area contributed by atoms with E-state index in [1.54, 1.807) is 31.2 Å². The van der Waals surface area contributed by atoms with Gasteiger partial charge in [-0.25, -0.2) is 4.39 Å². The second-order valence-corrected chi connectivity index (χ2v) is 8.83.